The summed E-state index contributed by atoms with van der Waals surface area (Å²) in [6.07, 6.45) is 0. The van der Waals surface area contributed by atoms with E-state index in [0.29, 0.717) is 23.2 Å². The highest BCUT2D eigenvalue weighted by molar-refractivity contribution is 7.92. The smallest absolute Gasteiger partial charge is 0.261 e. The minimum atomic E-state index is -3.74. The molecule has 0 spiro atoms. The molecule has 8 heteroatoms. The summed E-state index contributed by atoms with van der Waals surface area (Å²) in [5.74, 6) is 1.16. The average molecular weight is 392 g/mol. The van der Waals surface area contributed by atoms with Gasteiger partial charge >= 0.3 is 0 Å². The Labute approximate surface area is 157 Å². The number of aromatic nitrogens is 2. The average Bonchev–Trinajstić information content (AvgIpc) is 3.03. The maximum absolute atomic E-state index is 12.6. The summed E-state index contributed by atoms with van der Waals surface area (Å²) in [5, 5.41) is 3.96. The van der Waals surface area contributed by atoms with Crippen molar-refractivity contribution >= 4 is 27.3 Å². The van der Waals surface area contributed by atoms with Crippen LogP contribution in [0.25, 0.3) is 11.5 Å². The predicted molar refractivity (Wildman–Crippen MR) is 101 cm³/mol. The SMILES string of the molecule is Cc1noc(-c2ccc(NS(=O)(=O)c3ccc(C(C)C)cc3)c(Cl)c2)n1. The Morgan fingerprint density at radius 1 is 1.12 bits per heavy atom. The molecule has 2 aromatic carbocycles. The second-order valence-corrected chi connectivity index (χ2v) is 8.26. The molecular formula is C18H18ClN3O3S. The van der Waals surface area contributed by atoms with Crippen LogP contribution in [0.4, 0.5) is 5.69 Å². The lowest BCUT2D eigenvalue weighted by molar-refractivity contribution is 0.425. The summed E-state index contributed by atoms with van der Waals surface area (Å²) in [4.78, 5) is 4.30. The van der Waals surface area contributed by atoms with Crippen molar-refractivity contribution in [3.8, 4) is 11.5 Å². The van der Waals surface area contributed by atoms with Gasteiger partial charge in [-0.1, -0.05) is 42.7 Å². The minimum absolute atomic E-state index is 0.176. The van der Waals surface area contributed by atoms with Crippen LogP contribution in [0.2, 0.25) is 5.02 Å². The van der Waals surface area contributed by atoms with Gasteiger partial charge in [0.1, 0.15) is 0 Å². The van der Waals surface area contributed by atoms with E-state index in [1.165, 1.54) is 0 Å². The molecule has 1 aromatic heterocycles. The number of hydrogen-bond acceptors (Lipinski definition) is 5. The van der Waals surface area contributed by atoms with Gasteiger partial charge in [0, 0.05) is 5.56 Å². The molecule has 0 aliphatic carbocycles. The lowest BCUT2D eigenvalue weighted by Gasteiger charge is -2.11. The predicted octanol–water partition coefficient (Wildman–Crippen LogP) is 4.62. The number of halogens is 1. The van der Waals surface area contributed by atoms with Crippen molar-refractivity contribution in [2.45, 2.75) is 31.6 Å². The molecule has 0 amide bonds. The largest absolute Gasteiger partial charge is 0.334 e. The standard InChI is InChI=1S/C18H18ClN3O3S/c1-11(2)13-4-7-15(8-5-13)26(23,24)22-17-9-6-14(10-16(17)19)18-20-12(3)21-25-18/h4-11,22H,1-3H3. The minimum Gasteiger partial charge on any atom is -0.334 e. The van der Waals surface area contributed by atoms with E-state index in [2.05, 4.69) is 14.9 Å². The van der Waals surface area contributed by atoms with Crippen LogP contribution in [0.5, 0.6) is 0 Å². The topological polar surface area (TPSA) is 85.1 Å². The van der Waals surface area contributed by atoms with E-state index >= 15 is 0 Å². The third kappa shape index (κ3) is 3.89. The molecule has 0 aliphatic rings. The number of nitrogens with zero attached hydrogens (tertiary/aromatic N) is 2. The fraction of sp³-hybridized carbons (Fsp3) is 0.222. The molecule has 136 valence electrons. The summed E-state index contributed by atoms with van der Waals surface area (Å²) in [5.41, 5.74) is 1.96. The molecule has 0 atom stereocenters. The lowest BCUT2D eigenvalue weighted by atomic mass is 10.0. The van der Waals surface area contributed by atoms with Crippen LogP contribution in [0, 0.1) is 6.92 Å². The monoisotopic (exact) mass is 391 g/mol. The first kappa shape index (κ1) is 18.4. The Balaban J connectivity index is 1.85. The van der Waals surface area contributed by atoms with Gasteiger partial charge in [0.05, 0.1) is 15.6 Å². The molecule has 26 heavy (non-hydrogen) atoms. The van der Waals surface area contributed by atoms with Crippen LogP contribution < -0.4 is 4.72 Å². The number of aryl methyl sites for hydroxylation is 1. The number of hydrogen-bond donors (Lipinski definition) is 1. The molecule has 0 radical (unpaired) electrons. The molecule has 1 N–H and O–H groups in total. The normalized spacial score (nSPS) is 11.7. The molecule has 0 saturated carbocycles. The molecule has 3 aromatic rings. The highest BCUT2D eigenvalue weighted by atomic mass is 35.5. The Hall–Kier alpha value is -2.38. The maximum atomic E-state index is 12.6. The van der Waals surface area contributed by atoms with Crippen LogP contribution in [0.15, 0.2) is 51.9 Å². The van der Waals surface area contributed by atoms with Crippen LogP contribution in [0.3, 0.4) is 0 Å². The highest BCUT2D eigenvalue weighted by Crippen LogP contribution is 2.30. The van der Waals surface area contributed by atoms with Gasteiger partial charge < -0.3 is 4.52 Å². The molecule has 0 fully saturated rings. The van der Waals surface area contributed by atoms with Crippen LogP contribution >= 0.6 is 11.6 Å². The van der Waals surface area contributed by atoms with Gasteiger partial charge in [-0.2, -0.15) is 4.98 Å². The maximum Gasteiger partial charge on any atom is 0.261 e. The first-order chi connectivity index (χ1) is 12.3. The second-order valence-electron chi connectivity index (χ2n) is 6.17. The van der Waals surface area contributed by atoms with Crippen molar-refractivity contribution in [1.29, 1.82) is 0 Å². The van der Waals surface area contributed by atoms with Crippen LogP contribution in [0.1, 0.15) is 31.2 Å². The van der Waals surface area contributed by atoms with E-state index in [-0.39, 0.29) is 15.6 Å². The lowest BCUT2D eigenvalue weighted by Crippen LogP contribution is -2.13. The van der Waals surface area contributed by atoms with E-state index in [1.807, 2.05) is 26.0 Å². The zero-order valence-corrected chi connectivity index (χ0v) is 16.1. The third-order valence-corrected chi connectivity index (χ3v) is 5.54. The number of anilines is 1. The Morgan fingerprint density at radius 3 is 2.35 bits per heavy atom. The van der Waals surface area contributed by atoms with Crippen molar-refractivity contribution in [3.63, 3.8) is 0 Å². The van der Waals surface area contributed by atoms with Crippen molar-refractivity contribution < 1.29 is 12.9 Å². The highest BCUT2D eigenvalue weighted by Gasteiger charge is 2.17. The summed E-state index contributed by atoms with van der Waals surface area (Å²) in [7, 11) is -3.74. The summed E-state index contributed by atoms with van der Waals surface area (Å²) in [6.45, 7) is 5.81. The van der Waals surface area contributed by atoms with Gasteiger partial charge in [-0.15, -0.1) is 0 Å². The quantitative estimate of drug-likeness (QED) is 0.685. The number of rotatable bonds is 5. The Kier molecular flexibility index (Phi) is 5.02. The second kappa shape index (κ2) is 7.09. The summed E-state index contributed by atoms with van der Waals surface area (Å²) < 4.78 is 32.8. The van der Waals surface area contributed by atoms with Gasteiger partial charge in [0.2, 0.25) is 0 Å². The van der Waals surface area contributed by atoms with Crippen molar-refractivity contribution in [2.75, 3.05) is 4.72 Å². The van der Waals surface area contributed by atoms with E-state index < -0.39 is 10.0 Å². The summed E-state index contributed by atoms with van der Waals surface area (Å²) in [6, 6.07) is 11.6. The molecular weight excluding hydrogens is 374 g/mol. The first-order valence-electron chi connectivity index (χ1n) is 7.99. The molecule has 6 nitrogen and oxygen atoms in total. The van der Waals surface area contributed by atoms with E-state index in [1.54, 1.807) is 37.3 Å². The molecule has 0 bridgehead atoms. The van der Waals surface area contributed by atoms with Crippen molar-refractivity contribution in [1.82, 2.24) is 10.1 Å². The van der Waals surface area contributed by atoms with Crippen molar-refractivity contribution in [2.24, 2.45) is 0 Å². The van der Waals surface area contributed by atoms with Gasteiger partial charge in [-0.25, -0.2) is 8.42 Å². The molecule has 0 unspecified atom stereocenters. The Bertz CT molecular complexity index is 1030. The van der Waals surface area contributed by atoms with E-state index in [0.717, 1.165) is 5.56 Å². The number of nitrogens with one attached hydrogen (secondary N) is 1. The zero-order valence-electron chi connectivity index (χ0n) is 14.5. The number of benzene rings is 2. The molecule has 1 heterocycles. The number of sulfonamides is 1. The third-order valence-electron chi connectivity index (χ3n) is 3.84. The zero-order chi connectivity index (χ0) is 18.9. The van der Waals surface area contributed by atoms with E-state index in [4.69, 9.17) is 16.1 Å². The molecule has 0 saturated heterocycles. The van der Waals surface area contributed by atoms with Crippen molar-refractivity contribution in [3.05, 3.63) is 58.9 Å². The van der Waals surface area contributed by atoms with Crippen LogP contribution in [-0.4, -0.2) is 18.6 Å². The Morgan fingerprint density at radius 2 is 1.81 bits per heavy atom. The van der Waals surface area contributed by atoms with Gasteiger partial charge in [0.15, 0.2) is 5.82 Å². The van der Waals surface area contributed by atoms with Crippen LogP contribution in [-0.2, 0) is 10.0 Å². The fourth-order valence-corrected chi connectivity index (χ4v) is 3.74. The van der Waals surface area contributed by atoms with Gasteiger partial charge in [-0.05, 0) is 48.7 Å². The van der Waals surface area contributed by atoms with Gasteiger partial charge in [0.25, 0.3) is 15.9 Å². The fourth-order valence-electron chi connectivity index (χ4n) is 2.38. The summed E-state index contributed by atoms with van der Waals surface area (Å²) >= 11 is 6.23. The van der Waals surface area contributed by atoms with E-state index in [9.17, 15) is 8.42 Å². The first-order valence-corrected chi connectivity index (χ1v) is 9.85. The molecule has 0 aliphatic heterocycles. The molecule has 3 rings (SSSR count). The van der Waals surface area contributed by atoms with Gasteiger partial charge in [-0.3, -0.25) is 4.72 Å².